The van der Waals surface area contributed by atoms with E-state index in [0.29, 0.717) is 25.7 Å². The van der Waals surface area contributed by atoms with Gasteiger partial charge in [-0.25, -0.2) is 0 Å². The van der Waals surface area contributed by atoms with Crippen LogP contribution in [0.2, 0.25) is 0 Å². The topological polar surface area (TPSA) is 136 Å². The Morgan fingerprint density at radius 2 is 0.727 bits per heavy atom. The van der Waals surface area contributed by atoms with Crippen LogP contribution >= 0.6 is 0 Å². The van der Waals surface area contributed by atoms with E-state index in [4.69, 9.17) is 18.9 Å². The van der Waals surface area contributed by atoms with Gasteiger partial charge in [-0.2, -0.15) is 0 Å². The minimum Gasteiger partial charge on any atom is -0.464 e. The van der Waals surface area contributed by atoms with Gasteiger partial charge in [-0.1, -0.05) is 0 Å². The van der Waals surface area contributed by atoms with Crippen molar-refractivity contribution < 1.29 is 38.1 Å². The summed E-state index contributed by atoms with van der Waals surface area (Å²) in [5.41, 5.74) is -4.52. The lowest BCUT2D eigenvalue weighted by molar-refractivity contribution is -0.177. The van der Waals surface area contributed by atoms with Crippen LogP contribution in [0.15, 0.2) is 0 Å². The summed E-state index contributed by atoms with van der Waals surface area (Å²) in [6.07, 6.45) is 2.29. The van der Waals surface area contributed by atoms with Gasteiger partial charge < -0.3 is 29.6 Å². The summed E-state index contributed by atoms with van der Waals surface area (Å²) in [6.45, 7) is 31.5. The van der Waals surface area contributed by atoms with E-state index in [1.54, 1.807) is 0 Å². The van der Waals surface area contributed by atoms with Crippen molar-refractivity contribution in [1.82, 2.24) is 20.4 Å². The molecule has 316 valence electrons. The lowest BCUT2D eigenvalue weighted by atomic mass is 9.85. The first kappa shape index (κ1) is 45.4. The van der Waals surface area contributed by atoms with Gasteiger partial charge in [0, 0.05) is 44.3 Å². The van der Waals surface area contributed by atoms with Crippen LogP contribution in [0.1, 0.15) is 136 Å². The van der Waals surface area contributed by atoms with Crippen molar-refractivity contribution in [2.75, 3.05) is 40.5 Å². The number of ether oxygens (including phenoxy) is 4. The molecule has 0 amide bonds. The SMILES string of the molecule is CN1C(C)(C)CC(C(=O)OCC(COC(=O)C2CC(C)(C)NC2(C)C)(COC(=O)C2CC(C)(C)NC2(C)C)COC(=O)C2CC(C)(C)N(C)C2(C)C)C1(C)C. The van der Waals surface area contributed by atoms with Crippen LogP contribution in [0.4, 0.5) is 0 Å². The van der Waals surface area contributed by atoms with Crippen molar-refractivity contribution in [2.24, 2.45) is 29.1 Å². The molecule has 4 saturated heterocycles. The largest absolute Gasteiger partial charge is 0.464 e. The van der Waals surface area contributed by atoms with E-state index < -0.39 is 75.1 Å². The Labute approximate surface area is 332 Å². The molecule has 4 fully saturated rings. The Bertz CT molecular complexity index is 1380. The van der Waals surface area contributed by atoms with Crippen LogP contribution in [-0.2, 0) is 38.1 Å². The van der Waals surface area contributed by atoms with Gasteiger partial charge >= 0.3 is 23.9 Å². The lowest BCUT2D eigenvalue weighted by Gasteiger charge is -2.38. The highest BCUT2D eigenvalue weighted by atomic mass is 16.6. The molecule has 2 N–H and O–H groups in total. The molecule has 4 aliphatic heterocycles. The summed E-state index contributed by atoms with van der Waals surface area (Å²) in [7, 11) is 4.03. The molecule has 0 aromatic carbocycles. The average Bonchev–Trinajstić information content (AvgIpc) is 3.55. The third-order valence-electron chi connectivity index (χ3n) is 14.4. The molecular formula is C43H76N4O8. The molecule has 0 aliphatic carbocycles. The maximum absolute atomic E-state index is 14.1. The third kappa shape index (κ3) is 9.23. The minimum absolute atomic E-state index is 0.244. The van der Waals surface area contributed by atoms with Crippen LogP contribution in [0.5, 0.6) is 0 Å². The molecule has 12 nitrogen and oxygen atoms in total. The predicted molar refractivity (Wildman–Crippen MR) is 213 cm³/mol. The number of likely N-dealkylation sites (tertiary alicyclic amines) is 2. The zero-order chi connectivity index (χ0) is 42.2. The number of carbonyl (C=O) groups is 4. The zero-order valence-electron chi connectivity index (χ0n) is 37.6. The maximum atomic E-state index is 14.1. The number of carbonyl (C=O) groups excluding carboxylic acids is 4. The number of esters is 4. The summed E-state index contributed by atoms with van der Waals surface area (Å²) in [5, 5.41) is 7.08. The molecule has 0 saturated carbocycles. The van der Waals surface area contributed by atoms with E-state index in [1.165, 1.54) is 0 Å². The smallest absolute Gasteiger partial charge is 0.310 e. The molecule has 0 spiro atoms. The van der Waals surface area contributed by atoms with E-state index in [-0.39, 0.29) is 48.6 Å². The summed E-state index contributed by atoms with van der Waals surface area (Å²) < 4.78 is 24.8. The predicted octanol–water partition coefficient (Wildman–Crippen LogP) is 5.50. The standard InChI is InChI=1S/C43H76N4O8/c1-35(2)19-27(39(9,10)44-35)31(48)52-23-43(24-53-32(49)28-20-36(3,4)45-40(28,11)12,25-54-33(50)29-21-37(5,6)46(17)41(29,13)14)26-55-34(51)30-22-38(7,8)47(18)42(30,15)16/h27-30,44-45H,19-26H2,1-18H3. The molecule has 55 heavy (non-hydrogen) atoms. The van der Waals surface area contributed by atoms with Crippen LogP contribution in [0, 0.1) is 29.1 Å². The zero-order valence-corrected chi connectivity index (χ0v) is 37.6. The molecular weight excluding hydrogens is 700 g/mol. The summed E-state index contributed by atoms with van der Waals surface area (Å²) >= 11 is 0. The van der Waals surface area contributed by atoms with Gasteiger partial charge in [0.05, 0.1) is 23.7 Å². The molecule has 4 atom stereocenters. The Balaban J connectivity index is 1.68. The van der Waals surface area contributed by atoms with E-state index >= 15 is 0 Å². The van der Waals surface area contributed by atoms with E-state index in [2.05, 4.69) is 75.8 Å². The second-order valence-corrected chi connectivity index (χ2v) is 22.5. The van der Waals surface area contributed by atoms with E-state index in [9.17, 15) is 19.2 Å². The summed E-state index contributed by atoms with van der Waals surface area (Å²) in [5.74, 6) is -3.46. The first-order chi connectivity index (χ1) is 24.6. The first-order valence-electron chi connectivity index (χ1n) is 20.3. The Morgan fingerprint density at radius 3 is 0.927 bits per heavy atom. The molecule has 0 radical (unpaired) electrons. The van der Waals surface area contributed by atoms with Crippen LogP contribution in [-0.4, -0.2) is 119 Å². The number of nitrogens with one attached hydrogen (secondary N) is 2. The van der Waals surface area contributed by atoms with Gasteiger partial charge in [-0.3, -0.25) is 29.0 Å². The fraction of sp³-hybridized carbons (Fsp3) is 0.907. The maximum Gasteiger partial charge on any atom is 0.310 e. The third-order valence-corrected chi connectivity index (χ3v) is 14.4. The Morgan fingerprint density at radius 1 is 0.473 bits per heavy atom. The van der Waals surface area contributed by atoms with Crippen molar-refractivity contribution in [3.05, 3.63) is 0 Å². The van der Waals surface area contributed by atoms with Gasteiger partial charge in [-0.05, 0) is 151 Å². The fourth-order valence-electron chi connectivity index (χ4n) is 10.4. The van der Waals surface area contributed by atoms with Crippen LogP contribution < -0.4 is 10.6 Å². The van der Waals surface area contributed by atoms with E-state index in [1.807, 2.05) is 69.5 Å². The average molecular weight is 777 g/mol. The minimum atomic E-state index is -1.39. The fourth-order valence-corrected chi connectivity index (χ4v) is 10.4. The van der Waals surface area contributed by atoms with Gasteiger partial charge in [0.1, 0.15) is 31.8 Å². The molecule has 0 bridgehead atoms. The summed E-state index contributed by atoms with van der Waals surface area (Å²) in [6, 6.07) is 0. The molecule has 4 heterocycles. The van der Waals surface area contributed by atoms with Crippen molar-refractivity contribution >= 4 is 23.9 Å². The van der Waals surface area contributed by atoms with E-state index in [0.717, 1.165) is 0 Å². The molecule has 4 rings (SSSR count). The number of hydrogen-bond donors (Lipinski definition) is 2. The monoisotopic (exact) mass is 777 g/mol. The van der Waals surface area contributed by atoms with Crippen molar-refractivity contribution in [3.8, 4) is 0 Å². The van der Waals surface area contributed by atoms with Crippen molar-refractivity contribution in [1.29, 1.82) is 0 Å². The first-order valence-corrected chi connectivity index (χ1v) is 20.3. The molecule has 0 aromatic heterocycles. The van der Waals surface area contributed by atoms with Gasteiger partial charge in [-0.15, -0.1) is 0 Å². The van der Waals surface area contributed by atoms with Crippen LogP contribution in [0.25, 0.3) is 0 Å². The number of hydrogen-bond acceptors (Lipinski definition) is 12. The van der Waals surface area contributed by atoms with Gasteiger partial charge in [0.15, 0.2) is 0 Å². The molecule has 12 heteroatoms. The quantitative estimate of drug-likeness (QED) is 0.192. The van der Waals surface area contributed by atoms with Crippen molar-refractivity contribution in [3.63, 3.8) is 0 Å². The highest BCUT2D eigenvalue weighted by molar-refractivity contribution is 5.77. The number of nitrogens with zero attached hydrogens (tertiary/aromatic N) is 2. The van der Waals surface area contributed by atoms with Gasteiger partial charge in [0.2, 0.25) is 0 Å². The highest BCUT2D eigenvalue weighted by Crippen LogP contribution is 2.46. The normalized spacial score (nSPS) is 32.0. The second-order valence-electron chi connectivity index (χ2n) is 22.5. The summed E-state index contributed by atoms with van der Waals surface area (Å²) in [4.78, 5) is 60.5. The lowest BCUT2D eigenvalue weighted by Crippen LogP contribution is -2.50. The van der Waals surface area contributed by atoms with Gasteiger partial charge in [0.25, 0.3) is 0 Å². The Kier molecular flexibility index (Phi) is 12.0. The Hall–Kier alpha value is -2.28. The molecule has 4 unspecified atom stereocenters. The van der Waals surface area contributed by atoms with Crippen LogP contribution in [0.3, 0.4) is 0 Å². The second kappa shape index (κ2) is 14.5. The highest BCUT2D eigenvalue weighted by Gasteiger charge is 2.56. The number of rotatable bonds is 12. The molecule has 0 aromatic rings. The van der Waals surface area contributed by atoms with Crippen molar-refractivity contribution in [2.45, 2.75) is 181 Å². The molecule has 4 aliphatic rings.